The van der Waals surface area contributed by atoms with Gasteiger partial charge in [-0.3, -0.25) is 4.90 Å². The average Bonchev–Trinajstić information content (AvgIpc) is 2.05. The second-order valence-corrected chi connectivity index (χ2v) is 2.96. The van der Waals surface area contributed by atoms with E-state index in [2.05, 4.69) is 22.0 Å². The van der Waals surface area contributed by atoms with Crippen LogP contribution in [0.3, 0.4) is 0 Å². The Morgan fingerprint density at radius 3 is 2.42 bits per heavy atom. The molecule has 0 aromatic rings. The SMILES string of the molecule is CCN(CCN(C)C)CNC#N. The molecular weight excluding hydrogens is 152 g/mol. The minimum absolute atomic E-state index is 0.654. The van der Waals surface area contributed by atoms with Crippen LogP contribution in [0, 0.1) is 11.5 Å². The fraction of sp³-hybridized carbons (Fsp3) is 0.875. The summed E-state index contributed by atoms with van der Waals surface area (Å²) in [7, 11) is 4.09. The normalized spacial score (nSPS) is 10.3. The monoisotopic (exact) mass is 170 g/mol. The summed E-state index contributed by atoms with van der Waals surface area (Å²) in [6, 6.07) is 0. The topological polar surface area (TPSA) is 42.3 Å². The first-order valence-electron chi connectivity index (χ1n) is 4.19. The molecule has 0 spiro atoms. The predicted octanol–water partition coefficient (Wildman–Crippen LogP) is -0.102. The van der Waals surface area contributed by atoms with Crippen molar-refractivity contribution >= 4 is 0 Å². The first-order valence-corrected chi connectivity index (χ1v) is 4.19. The summed E-state index contributed by atoms with van der Waals surface area (Å²) in [5, 5.41) is 10.9. The van der Waals surface area contributed by atoms with Gasteiger partial charge in [-0.25, -0.2) is 0 Å². The van der Waals surface area contributed by atoms with Gasteiger partial charge in [0, 0.05) is 13.1 Å². The van der Waals surface area contributed by atoms with Gasteiger partial charge in [0.15, 0.2) is 6.19 Å². The molecule has 0 atom stereocenters. The van der Waals surface area contributed by atoms with Crippen molar-refractivity contribution in [3.63, 3.8) is 0 Å². The van der Waals surface area contributed by atoms with E-state index >= 15 is 0 Å². The van der Waals surface area contributed by atoms with Crippen LogP contribution in [0.4, 0.5) is 0 Å². The average molecular weight is 170 g/mol. The number of nitrogens with one attached hydrogen (secondary N) is 1. The number of likely N-dealkylation sites (N-methyl/N-ethyl adjacent to an activating group) is 2. The van der Waals surface area contributed by atoms with Crippen LogP contribution in [-0.2, 0) is 0 Å². The fourth-order valence-electron chi connectivity index (χ4n) is 0.838. The van der Waals surface area contributed by atoms with Crippen LogP contribution in [0.5, 0.6) is 0 Å². The van der Waals surface area contributed by atoms with Crippen molar-refractivity contribution in [1.29, 1.82) is 5.26 Å². The van der Waals surface area contributed by atoms with Crippen LogP contribution in [-0.4, -0.2) is 50.2 Å². The van der Waals surface area contributed by atoms with E-state index in [1.807, 2.05) is 20.3 Å². The Morgan fingerprint density at radius 1 is 1.33 bits per heavy atom. The lowest BCUT2D eigenvalue weighted by Gasteiger charge is -2.21. The van der Waals surface area contributed by atoms with Crippen molar-refractivity contribution in [3.8, 4) is 6.19 Å². The Morgan fingerprint density at radius 2 is 2.00 bits per heavy atom. The zero-order chi connectivity index (χ0) is 9.40. The Labute approximate surface area is 74.8 Å². The highest BCUT2D eigenvalue weighted by Crippen LogP contribution is 1.85. The minimum Gasteiger partial charge on any atom is -0.310 e. The van der Waals surface area contributed by atoms with Gasteiger partial charge in [0.1, 0.15) is 0 Å². The Balaban J connectivity index is 3.47. The van der Waals surface area contributed by atoms with Crippen LogP contribution >= 0.6 is 0 Å². The van der Waals surface area contributed by atoms with Gasteiger partial charge in [0.25, 0.3) is 0 Å². The number of rotatable bonds is 6. The van der Waals surface area contributed by atoms with Crippen molar-refractivity contribution in [2.45, 2.75) is 6.92 Å². The highest BCUT2D eigenvalue weighted by atomic mass is 15.2. The van der Waals surface area contributed by atoms with Crippen LogP contribution in [0.25, 0.3) is 0 Å². The van der Waals surface area contributed by atoms with Crippen LogP contribution in [0.2, 0.25) is 0 Å². The molecule has 0 saturated carbocycles. The van der Waals surface area contributed by atoms with E-state index < -0.39 is 0 Å². The maximum absolute atomic E-state index is 8.29. The van der Waals surface area contributed by atoms with Gasteiger partial charge < -0.3 is 10.2 Å². The third kappa shape index (κ3) is 5.96. The molecule has 0 aliphatic heterocycles. The molecule has 4 heteroatoms. The van der Waals surface area contributed by atoms with Crippen LogP contribution in [0.15, 0.2) is 0 Å². The summed E-state index contributed by atoms with van der Waals surface area (Å²) in [5.41, 5.74) is 0. The third-order valence-electron chi connectivity index (χ3n) is 1.69. The molecule has 4 nitrogen and oxygen atoms in total. The van der Waals surface area contributed by atoms with Crippen molar-refractivity contribution < 1.29 is 0 Å². The van der Waals surface area contributed by atoms with Gasteiger partial charge in [0.05, 0.1) is 6.67 Å². The molecule has 0 rings (SSSR count). The lowest BCUT2D eigenvalue weighted by atomic mass is 10.5. The standard InChI is InChI=1S/C8H18N4/c1-4-12(8-10-7-9)6-5-11(2)3/h10H,4-6,8H2,1-3H3. The summed E-state index contributed by atoms with van der Waals surface area (Å²) in [4.78, 5) is 4.32. The highest BCUT2D eigenvalue weighted by molar-refractivity contribution is 4.65. The first-order chi connectivity index (χ1) is 5.70. The second kappa shape index (κ2) is 6.89. The molecule has 0 heterocycles. The quantitative estimate of drug-likeness (QED) is 0.343. The summed E-state index contributed by atoms with van der Waals surface area (Å²) in [6.07, 6.45) is 1.91. The highest BCUT2D eigenvalue weighted by Gasteiger charge is 2.00. The number of hydrogen-bond acceptors (Lipinski definition) is 4. The molecule has 0 aromatic heterocycles. The van der Waals surface area contributed by atoms with Crippen molar-refractivity contribution in [2.24, 2.45) is 0 Å². The summed E-state index contributed by atoms with van der Waals surface area (Å²) in [6.45, 7) is 5.75. The van der Waals surface area contributed by atoms with Gasteiger partial charge in [-0.15, -0.1) is 0 Å². The first kappa shape index (κ1) is 11.2. The van der Waals surface area contributed by atoms with Crippen molar-refractivity contribution in [3.05, 3.63) is 0 Å². The maximum Gasteiger partial charge on any atom is 0.177 e. The van der Waals surface area contributed by atoms with Gasteiger partial charge in [-0.2, -0.15) is 5.26 Å². The molecule has 1 N–H and O–H groups in total. The zero-order valence-electron chi connectivity index (χ0n) is 8.17. The number of nitrogens with zero attached hydrogens (tertiary/aromatic N) is 3. The Bertz CT molecular complexity index is 138. The van der Waals surface area contributed by atoms with Crippen LogP contribution < -0.4 is 5.32 Å². The molecule has 0 aliphatic rings. The number of nitriles is 1. The largest absolute Gasteiger partial charge is 0.310 e. The smallest absolute Gasteiger partial charge is 0.177 e. The number of hydrogen-bond donors (Lipinski definition) is 1. The molecule has 12 heavy (non-hydrogen) atoms. The summed E-state index contributed by atoms with van der Waals surface area (Å²) in [5.74, 6) is 0. The third-order valence-corrected chi connectivity index (χ3v) is 1.69. The maximum atomic E-state index is 8.29. The van der Waals surface area contributed by atoms with Gasteiger partial charge in [-0.1, -0.05) is 6.92 Å². The van der Waals surface area contributed by atoms with E-state index in [1.165, 1.54) is 0 Å². The minimum atomic E-state index is 0.654. The molecule has 0 fully saturated rings. The lowest BCUT2D eigenvalue weighted by molar-refractivity contribution is 0.245. The molecule has 0 radical (unpaired) electrons. The Hall–Kier alpha value is -0.790. The van der Waals surface area contributed by atoms with E-state index in [1.54, 1.807) is 0 Å². The van der Waals surface area contributed by atoms with E-state index in [9.17, 15) is 0 Å². The molecule has 70 valence electrons. The van der Waals surface area contributed by atoms with Gasteiger partial charge in [0.2, 0.25) is 0 Å². The Kier molecular flexibility index (Phi) is 6.44. The van der Waals surface area contributed by atoms with Gasteiger partial charge in [-0.05, 0) is 20.6 Å². The van der Waals surface area contributed by atoms with E-state index in [4.69, 9.17) is 5.26 Å². The van der Waals surface area contributed by atoms with E-state index in [0.29, 0.717) is 6.67 Å². The molecule has 0 amide bonds. The van der Waals surface area contributed by atoms with Crippen molar-refractivity contribution in [2.75, 3.05) is 40.4 Å². The molecule has 0 aliphatic carbocycles. The molecule has 0 saturated heterocycles. The van der Waals surface area contributed by atoms with Gasteiger partial charge >= 0.3 is 0 Å². The molecular formula is C8H18N4. The van der Waals surface area contributed by atoms with Crippen molar-refractivity contribution in [1.82, 2.24) is 15.1 Å². The second-order valence-electron chi connectivity index (χ2n) is 2.96. The molecule has 0 bridgehead atoms. The summed E-state index contributed by atoms with van der Waals surface area (Å²) < 4.78 is 0. The van der Waals surface area contributed by atoms with E-state index in [-0.39, 0.29) is 0 Å². The van der Waals surface area contributed by atoms with E-state index in [0.717, 1.165) is 19.6 Å². The van der Waals surface area contributed by atoms with Crippen LogP contribution in [0.1, 0.15) is 6.92 Å². The zero-order valence-corrected chi connectivity index (χ0v) is 8.17. The molecule has 0 aromatic carbocycles. The molecule has 0 unspecified atom stereocenters. The summed E-state index contributed by atoms with van der Waals surface area (Å²) >= 11 is 0. The fourth-order valence-corrected chi connectivity index (χ4v) is 0.838. The lowest BCUT2D eigenvalue weighted by Crippen LogP contribution is -2.36. The predicted molar refractivity (Wildman–Crippen MR) is 49.4 cm³/mol.